The van der Waals surface area contributed by atoms with Crippen LogP contribution in [0.4, 0.5) is 80.2 Å². The summed E-state index contributed by atoms with van der Waals surface area (Å²) in [5.74, 6) is 2.45. The molecule has 8 aliphatic carbocycles. The molecule has 800 valence electrons. The van der Waals surface area contributed by atoms with Crippen LogP contribution >= 0.6 is 24.8 Å². The second-order valence-corrected chi connectivity index (χ2v) is 45.1. The minimum atomic E-state index is -4.51. The van der Waals surface area contributed by atoms with Crippen LogP contribution in [-0.4, -0.2) is 274 Å². The third-order valence-corrected chi connectivity index (χ3v) is 36.8. The SMILES string of the molecule is CNC1(c2ccccc2)CCC2(CC1)CN(c1cnc(C(F)(F)F)cc1C)C(=O)N2CC1CCC1.CNC1(c2ccccc2)CCC2(CC1)CN(c1cnc(N3CCN(C)CC3)nc1)C(=O)N2CC1(O)CCC1.CNC1(c2ccccc2)CCC2(CC1)CN(c1cnc(N3CCNCC3)nc1)C(=O)N2CC1(O)CCC1.Cc1cc(C(F)(F)F)ncc1N1CC2(CCC(c3ccccc3)(N(C)C)CC2)N(CC2CCC2)C1=O.Cl.Cl. The molecule has 22 rings (SSSR count). The van der Waals surface area contributed by atoms with E-state index >= 15 is 0 Å². The van der Waals surface area contributed by atoms with Gasteiger partial charge in [0.05, 0.1) is 133 Å². The lowest BCUT2D eigenvalue weighted by atomic mass is 9.68. The maximum atomic E-state index is 14.0. The summed E-state index contributed by atoms with van der Waals surface area (Å²) in [6.07, 6.45) is 26.9. The number of nitrogens with zero attached hydrogens (tertiary/aromatic N) is 18. The quantitative estimate of drug-likeness (QED) is 0.0344. The number of aryl methyl sites for hydroxylation is 2. The van der Waals surface area contributed by atoms with Gasteiger partial charge in [-0.1, -0.05) is 134 Å². The van der Waals surface area contributed by atoms with Gasteiger partial charge in [0.2, 0.25) is 11.9 Å². The van der Waals surface area contributed by atoms with Gasteiger partial charge in [-0.3, -0.25) is 24.5 Å². The van der Waals surface area contributed by atoms with E-state index < -0.39 is 34.9 Å². The fraction of sp³-hybridized carbons (Fsp3) is 0.589. The van der Waals surface area contributed by atoms with E-state index in [2.05, 4.69) is 211 Å². The Labute approximate surface area is 879 Å². The molecule has 14 aliphatic rings. The minimum Gasteiger partial charge on any atom is -0.388 e. The van der Waals surface area contributed by atoms with Crippen molar-refractivity contribution in [2.45, 2.75) is 261 Å². The normalized spacial score (nSPS) is 28.1. The molecule has 8 aromatic rings. The van der Waals surface area contributed by atoms with Crippen molar-refractivity contribution >= 4 is 83.6 Å². The molecule has 148 heavy (non-hydrogen) atoms. The van der Waals surface area contributed by atoms with Crippen molar-refractivity contribution in [3.8, 4) is 0 Å². The molecule has 4 spiro atoms. The minimum absolute atomic E-state index is 0. The number of aromatic nitrogens is 6. The molecule has 36 heteroatoms. The number of likely N-dealkylation sites (N-methyl/N-ethyl adjacent to an activating group) is 1. The van der Waals surface area contributed by atoms with Crippen molar-refractivity contribution in [3.05, 3.63) is 215 Å². The number of piperazine rings is 2. The number of hydrogen-bond donors (Lipinski definition) is 6. The number of carbonyl (C=O) groups is 4. The van der Waals surface area contributed by atoms with Crippen LogP contribution in [0.1, 0.15) is 225 Å². The van der Waals surface area contributed by atoms with E-state index in [1.165, 1.54) is 47.5 Å². The van der Waals surface area contributed by atoms with E-state index in [1.807, 2.05) is 52.9 Å². The van der Waals surface area contributed by atoms with Crippen molar-refractivity contribution < 1.29 is 55.7 Å². The lowest BCUT2D eigenvalue weighted by molar-refractivity contribution is -0.142. The van der Waals surface area contributed by atoms with Crippen LogP contribution in [0.15, 0.2) is 171 Å². The van der Waals surface area contributed by atoms with Crippen molar-refractivity contribution in [2.75, 3.05) is 176 Å². The zero-order valence-electron chi connectivity index (χ0n) is 87.1. The number of rotatable bonds is 22. The van der Waals surface area contributed by atoms with Crippen LogP contribution < -0.4 is 50.7 Å². The molecule has 6 saturated heterocycles. The Balaban J connectivity index is 0.000000134. The number of halogens is 8. The molecule has 0 bridgehead atoms. The highest BCUT2D eigenvalue weighted by Gasteiger charge is 2.62. The summed E-state index contributed by atoms with van der Waals surface area (Å²) < 4.78 is 79.2. The summed E-state index contributed by atoms with van der Waals surface area (Å²) >= 11 is 0. The number of hydrogen-bond acceptors (Lipinski definition) is 20. The lowest BCUT2D eigenvalue weighted by Crippen LogP contribution is -2.59. The Morgan fingerprint density at radius 1 is 0.385 bits per heavy atom. The van der Waals surface area contributed by atoms with Crippen molar-refractivity contribution in [3.63, 3.8) is 0 Å². The van der Waals surface area contributed by atoms with Crippen LogP contribution in [-0.2, 0) is 34.5 Å². The van der Waals surface area contributed by atoms with Gasteiger partial charge in [0.15, 0.2) is 0 Å². The Kier molecular flexibility index (Phi) is 32.4. The van der Waals surface area contributed by atoms with Gasteiger partial charge in [0, 0.05) is 87.6 Å². The summed E-state index contributed by atoms with van der Waals surface area (Å²) in [7, 11) is 12.5. The van der Waals surface area contributed by atoms with Crippen LogP contribution in [0, 0.1) is 25.7 Å². The summed E-state index contributed by atoms with van der Waals surface area (Å²) in [6.45, 7) is 15.1. The molecule has 0 radical (unpaired) electrons. The highest BCUT2D eigenvalue weighted by atomic mass is 35.5. The first kappa shape index (κ1) is 109. The molecule has 6 aliphatic heterocycles. The van der Waals surface area contributed by atoms with E-state index in [1.54, 1.807) is 48.4 Å². The number of pyridine rings is 2. The van der Waals surface area contributed by atoms with Crippen molar-refractivity contribution in [2.24, 2.45) is 11.8 Å². The molecule has 0 atom stereocenters. The predicted molar refractivity (Wildman–Crippen MR) is 570 cm³/mol. The predicted octanol–water partition coefficient (Wildman–Crippen LogP) is 18.2. The zero-order chi connectivity index (χ0) is 102. The molecule has 6 N–H and O–H groups in total. The summed E-state index contributed by atoms with van der Waals surface area (Å²) in [5, 5.41) is 36.4. The molecule has 0 unspecified atom stereocenters. The highest BCUT2D eigenvalue weighted by molar-refractivity contribution is 5.98. The molecule has 10 heterocycles. The molecule has 14 fully saturated rings. The van der Waals surface area contributed by atoms with Crippen LogP contribution in [0.25, 0.3) is 0 Å². The summed E-state index contributed by atoms with van der Waals surface area (Å²) in [4.78, 5) is 106. The Morgan fingerprint density at radius 3 is 0.980 bits per heavy atom. The summed E-state index contributed by atoms with van der Waals surface area (Å²) in [5.41, 5.74) is 3.34. The smallest absolute Gasteiger partial charge is 0.388 e. The maximum Gasteiger partial charge on any atom is 0.433 e. The number of β-amino-alcohol motifs (C(OH)–C–C–N with tert-alkyl or cyclic N) is 2. The maximum absolute atomic E-state index is 14.0. The van der Waals surface area contributed by atoms with E-state index in [0.29, 0.717) is 79.6 Å². The zero-order valence-corrected chi connectivity index (χ0v) is 88.7. The van der Waals surface area contributed by atoms with Crippen LogP contribution in [0.5, 0.6) is 0 Å². The van der Waals surface area contributed by atoms with Crippen LogP contribution in [0.2, 0.25) is 0 Å². The number of urea groups is 4. The van der Waals surface area contributed by atoms with Gasteiger partial charge in [-0.2, -0.15) is 26.3 Å². The Bertz CT molecular complexity index is 5830. The third-order valence-electron chi connectivity index (χ3n) is 36.8. The van der Waals surface area contributed by atoms with Crippen molar-refractivity contribution in [1.82, 2.24) is 80.6 Å². The second kappa shape index (κ2) is 43.9. The number of amides is 8. The van der Waals surface area contributed by atoms with Gasteiger partial charge in [-0.15, -0.1) is 24.8 Å². The van der Waals surface area contributed by atoms with Gasteiger partial charge in [0.1, 0.15) is 11.4 Å². The van der Waals surface area contributed by atoms with Crippen molar-refractivity contribution in [1.29, 1.82) is 0 Å². The number of anilines is 6. The van der Waals surface area contributed by atoms with Crippen LogP contribution in [0.3, 0.4) is 0 Å². The summed E-state index contributed by atoms with van der Waals surface area (Å²) in [6, 6.07) is 44.2. The molecule has 8 amide bonds. The fourth-order valence-corrected chi connectivity index (χ4v) is 26.3. The standard InChI is InChI=1S/C29H41N7O2.C28H35F3N4O.C28H39N7O2.C27H33F3N4O.2ClH/c1-30-29(23-7-4-3-5-8-23)13-11-27(12-14-29)21-35(26(37)36(27)22-28(38)9-6-10-28)24-19-31-25(32-20-24)34-17-15-33(2)16-18-34;1-20-16-24(28(29,30)31)32-17-23(20)34-19-26(35(25(34)36)18-21-8-7-9-21)12-14-27(15-13-26,33(2)3)22-10-5-4-6-11-22;1-29-28(22-6-3-2-4-7-22)12-10-26(11-13-28)20-34(25(36)35(26)21-27(37)8-5-9-27)23-18-31-24(32-19-23)33-16-14-30-15-17-33;1-19-15-23(27(28,29)30)32-16-22(19)33-18-25(34(24(33)35)17-20-7-6-8-20)11-13-26(31-2,14-12-25)21-9-4-3-5-10-21;;/h3-5,7-8,19-20,30,38H,6,9-18,21-22H2,1-2H3;4-6,10-11,16-17,21H,7-9,12-15,18-19H2,1-3H3;2-4,6-7,18-19,29-30,37H,5,8-17,20-21H2,1H3;3-5,9-10,15-16,20,31H,6-8,11-14,17-18H2,1-2H3;2*1H. The third kappa shape index (κ3) is 21.5. The molecule has 28 nitrogen and oxygen atoms in total. The monoisotopic (exact) mass is 2080 g/mol. The lowest BCUT2D eigenvalue weighted by Gasteiger charge is -2.51. The Morgan fingerprint density at radius 2 is 0.689 bits per heavy atom. The van der Waals surface area contributed by atoms with Gasteiger partial charge in [-0.05, 0) is 280 Å². The molecule has 4 aromatic heterocycles. The number of nitrogens with one attached hydrogen (secondary N) is 4. The average molecular weight is 2090 g/mol. The molecular weight excluding hydrogens is 1930 g/mol. The first-order chi connectivity index (χ1) is 70.0. The van der Waals surface area contributed by atoms with E-state index in [4.69, 9.17) is 0 Å². The van der Waals surface area contributed by atoms with Gasteiger partial charge < -0.3 is 65.8 Å². The largest absolute Gasteiger partial charge is 0.433 e. The number of alkyl halides is 6. The number of benzene rings is 4. The van der Waals surface area contributed by atoms with E-state index in [-0.39, 0.29) is 93.2 Å². The van der Waals surface area contributed by atoms with Gasteiger partial charge >= 0.3 is 36.5 Å². The first-order valence-electron chi connectivity index (χ1n) is 53.4. The number of carbonyl (C=O) groups excluding carboxylic acids is 4. The molecule has 4 aromatic carbocycles. The highest BCUT2D eigenvalue weighted by Crippen LogP contribution is 2.56. The molecule has 8 saturated carbocycles. The molecular formula is C112H150Cl2F6N22O6. The second-order valence-electron chi connectivity index (χ2n) is 45.1. The first-order valence-corrected chi connectivity index (χ1v) is 53.4. The van der Waals surface area contributed by atoms with E-state index in [9.17, 15) is 55.7 Å². The number of aliphatic hydroxyl groups is 2. The average Bonchev–Trinajstić information content (AvgIpc) is 1.57. The van der Waals surface area contributed by atoms with E-state index in [0.717, 1.165) is 262 Å². The Hall–Kier alpha value is -10.1. The fourth-order valence-electron chi connectivity index (χ4n) is 26.3. The van der Waals surface area contributed by atoms with Gasteiger partial charge in [0.25, 0.3) is 0 Å². The topological polar surface area (TPSA) is 273 Å². The van der Waals surface area contributed by atoms with Gasteiger partial charge in [-0.25, -0.2) is 49.1 Å².